The van der Waals surface area contributed by atoms with E-state index in [2.05, 4.69) is 27.4 Å². The molecule has 0 spiro atoms. The van der Waals surface area contributed by atoms with Crippen molar-refractivity contribution in [2.45, 2.75) is 13.3 Å². The minimum absolute atomic E-state index is 0.747. The second-order valence-corrected chi connectivity index (χ2v) is 1.76. The fraction of sp³-hybridized carbons (Fsp3) is 0.600. The van der Waals surface area contributed by atoms with E-state index in [-0.39, 0.29) is 0 Å². The molecule has 0 fully saturated rings. The molecular weight excluding hydrogens is 116 g/mol. The Morgan fingerprint density at radius 1 is 1.78 bits per heavy atom. The number of nitrogens with zero attached hydrogens (tertiary/aromatic N) is 2. The Labute approximate surface area is 53.7 Å². The Morgan fingerprint density at radius 3 is 3.22 bits per heavy atom. The molecule has 2 N–H and O–H groups in total. The van der Waals surface area contributed by atoms with Crippen molar-refractivity contribution in [3.63, 3.8) is 0 Å². The summed E-state index contributed by atoms with van der Waals surface area (Å²) in [6.45, 7) is 3.04. The van der Waals surface area contributed by atoms with Crippen LogP contribution in [0.1, 0.15) is 13.3 Å². The van der Waals surface area contributed by atoms with E-state index in [1.165, 1.54) is 6.33 Å². The molecule has 0 aliphatic carbocycles. The molecule has 0 amide bonds. The lowest BCUT2D eigenvalue weighted by Crippen LogP contribution is -2.00. The topological polar surface area (TPSA) is 53.6 Å². The second-order valence-electron chi connectivity index (χ2n) is 1.76. The molecule has 9 heavy (non-hydrogen) atoms. The van der Waals surface area contributed by atoms with Gasteiger partial charge in [0.2, 0.25) is 5.95 Å². The number of nitrogens with one attached hydrogen (secondary N) is 2. The van der Waals surface area contributed by atoms with Crippen LogP contribution < -0.4 is 5.32 Å². The number of aromatic amines is 1. The van der Waals surface area contributed by atoms with Crippen LogP contribution in [0.3, 0.4) is 0 Å². The van der Waals surface area contributed by atoms with Crippen LogP contribution in [0.4, 0.5) is 5.95 Å². The van der Waals surface area contributed by atoms with Gasteiger partial charge in [-0.15, -0.1) is 0 Å². The Hall–Kier alpha value is -1.06. The predicted molar refractivity (Wildman–Crippen MR) is 35.2 cm³/mol. The number of hydrogen-bond acceptors (Lipinski definition) is 3. The first-order valence-corrected chi connectivity index (χ1v) is 3.02. The minimum Gasteiger partial charge on any atom is -0.355 e. The Bertz CT molecular complexity index is 146. The number of aromatic nitrogens is 3. The first-order valence-electron chi connectivity index (χ1n) is 3.02. The average molecular weight is 126 g/mol. The molecule has 1 aromatic rings. The largest absolute Gasteiger partial charge is 0.355 e. The molecule has 4 heteroatoms. The van der Waals surface area contributed by atoms with Crippen LogP contribution in [0.5, 0.6) is 0 Å². The maximum absolute atomic E-state index is 3.88. The van der Waals surface area contributed by atoms with E-state index in [1.807, 2.05) is 0 Å². The molecule has 0 saturated heterocycles. The maximum atomic E-state index is 3.88. The molecule has 1 heterocycles. The highest BCUT2D eigenvalue weighted by atomic mass is 15.3. The third-order valence-electron chi connectivity index (χ3n) is 0.957. The Balaban J connectivity index is 2.30. The minimum atomic E-state index is 0.747. The molecule has 50 valence electrons. The molecule has 0 aliphatic heterocycles. The van der Waals surface area contributed by atoms with Gasteiger partial charge in [0.1, 0.15) is 6.33 Å². The Kier molecular flexibility index (Phi) is 2.06. The van der Waals surface area contributed by atoms with Gasteiger partial charge >= 0.3 is 0 Å². The molecule has 1 rings (SSSR count). The van der Waals surface area contributed by atoms with E-state index in [9.17, 15) is 0 Å². The zero-order valence-electron chi connectivity index (χ0n) is 5.39. The monoisotopic (exact) mass is 126 g/mol. The van der Waals surface area contributed by atoms with E-state index in [0.29, 0.717) is 0 Å². The van der Waals surface area contributed by atoms with Crippen molar-refractivity contribution in [1.82, 2.24) is 15.2 Å². The summed E-state index contributed by atoms with van der Waals surface area (Å²) < 4.78 is 0. The van der Waals surface area contributed by atoms with Gasteiger partial charge in [-0.3, -0.25) is 0 Å². The van der Waals surface area contributed by atoms with Gasteiger partial charge in [-0.1, -0.05) is 6.92 Å². The molecule has 0 radical (unpaired) electrons. The lowest BCUT2D eigenvalue weighted by molar-refractivity contribution is 0.954. The fourth-order valence-corrected chi connectivity index (χ4v) is 0.534. The SMILES string of the molecule is CCCNc1ncn[nH]1. The van der Waals surface area contributed by atoms with Crippen LogP contribution in [0, 0.1) is 0 Å². The highest BCUT2D eigenvalue weighted by molar-refractivity contribution is 5.19. The number of hydrogen-bond donors (Lipinski definition) is 2. The molecule has 0 aliphatic rings. The van der Waals surface area contributed by atoms with Crippen molar-refractivity contribution in [2.24, 2.45) is 0 Å². The van der Waals surface area contributed by atoms with Crippen molar-refractivity contribution in [3.05, 3.63) is 6.33 Å². The van der Waals surface area contributed by atoms with Gasteiger partial charge in [0.05, 0.1) is 0 Å². The van der Waals surface area contributed by atoms with Crippen LogP contribution >= 0.6 is 0 Å². The highest BCUT2D eigenvalue weighted by Gasteiger charge is 1.88. The smallest absolute Gasteiger partial charge is 0.218 e. The van der Waals surface area contributed by atoms with Gasteiger partial charge in [0.15, 0.2) is 0 Å². The van der Waals surface area contributed by atoms with Crippen molar-refractivity contribution >= 4 is 5.95 Å². The predicted octanol–water partition coefficient (Wildman–Crippen LogP) is 0.627. The molecule has 0 saturated carbocycles. The summed E-state index contributed by atoms with van der Waals surface area (Å²) in [7, 11) is 0. The van der Waals surface area contributed by atoms with Crippen LogP contribution in [-0.4, -0.2) is 21.7 Å². The van der Waals surface area contributed by atoms with E-state index >= 15 is 0 Å². The zero-order chi connectivity index (χ0) is 6.53. The third kappa shape index (κ3) is 1.71. The first-order chi connectivity index (χ1) is 4.43. The number of rotatable bonds is 3. The first kappa shape index (κ1) is 6.07. The van der Waals surface area contributed by atoms with Crippen LogP contribution in [0.25, 0.3) is 0 Å². The molecule has 0 unspecified atom stereocenters. The van der Waals surface area contributed by atoms with E-state index < -0.39 is 0 Å². The highest BCUT2D eigenvalue weighted by Crippen LogP contribution is 1.90. The van der Waals surface area contributed by atoms with Crippen LogP contribution in [-0.2, 0) is 0 Å². The summed E-state index contributed by atoms with van der Waals surface area (Å²) in [5.74, 6) is 0.747. The summed E-state index contributed by atoms with van der Waals surface area (Å²) in [5, 5.41) is 9.42. The molecule has 0 atom stereocenters. The lowest BCUT2D eigenvalue weighted by Gasteiger charge is -1.95. The van der Waals surface area contributed by atoms with Gasteiger partial charge < -0.3 is 5.32 Å². The van der Waals surface area contributed by atoms with Crippen molar-refractivity contribution in [1.29, 1.82) is 0 Å². The number of H-pyrrole nitrogens is 1. The van der Waals surface area contributed by atoms with Gasteiger partial charge in [-0.05, 0) is 6.42 Å². The van der Waals surface area contributed by atoms with Gasteiger partial charge in [0.25, 0.3) is 0 Å². The normalized spacial score (nSPS) is 9.44. The van der Waals surface area contributed by atoms with Gasteiger partial charge in [0, 0.05) is 6.54 Å². The molecule has 0 aromatic carbocycles. The Morgan fingerprint density at radius 2 is 2.67 bits per heavy atom. The summed E-state index contributed by atoms with van der Waals surface area (Å²) in [5.41, 5.74) is 0. The van der Waals surface area contributed by atoms with Crippen LogP contribution in [0.2, 0.25) is 0 Å². The molecule has 1 aromatic heterocycles. The van der Waals surface area contributed by atoms with E-state index in [1.54, 1.807) is 0 Å². The third-order valence-corrected chi connectivity index (χ3v) is 0.957. The number of anilines is 1. The second kappa shape index (κ2) is 3.06. The van der Waals surface area contributed by atoms with Crippen molar-refractivity contribution in [3.8, 4) is 0 Å². The van der Waals surface area contributed by atoms with Crippen LogP contribution in [0.15, 0.2) is 6.33 Å². The summed E-state index contributed by atoms with van der Waals surface area (Å²) >= 11 is 0. The lowest BCUT2D eigenvalue weighted by atomic mass is 10.5. The average Bonchev–Trinajstić information content (AvgIpc) is 2.34. The fourth-order valence-electron chi connectivity index (χ4n) is 0.534. The van der Waals surface area contributed by atoms with Gasteiger partial charge in [-0.2, -0.15) is 5.10 Å². The van der Waals surface area contributed by atoms with E-state index in [4.69, 9.17) is 0 Å². The summed E-state index contributed by atoms with van der Waals surface area (Å²) in [6, 6.07) is 0. The molecular formula is C5H10N4. The maximum Gasteiger partial charge on any atom is 0.218 e. The van der Waals surface area contributed by atoms with Crippen molar-refractivity contribution < 1.29 is 0 Å². The van der Waals surface area contributed by atoms with E-state index in [0.717, 1.165) is 18.9 Å². The quantitative estimate of drug-likeness (QED) is 0.624. The summed E-state index contributed by atoms with van der Waals surface area (Å²) in [6.07, 6.45) is 2.58. The van der Waals surface area contributed by atoms with Crippen molar-refractivity contribution in [2.75, 3.05) is 11.9 Å². The molecule has 4 nitrogen and oxygen atoms in total. The standard InChI is InChI=1S/C5H10N4/c1-2-3-6-5-7-4-8-9-5/h4H,2-3H2,1H3,(H2,6,7,8,9). The summed E-state index contributed by atoms with van der Waals surface area (Å²) in [4.78, 5) is 3.88. The van der Waals surface area contributed by atoms with Gasteiger partial charge in [-0.25, -0.2) is 10.1 Å². The zero-order valence-corrected chi connectivity index (χ0v) is 5.39. The molecule has 0 bridgehead atoms.